The molecule has 1 amide bonds. The maximum Gasteiger partial charge on any atom is 0.252 e. The smallest absolute Gasteiger partial charge is 0.252 e. The van der Waals surface area contributed by atoms with Crippen LogP contribution < -0.4 is 5.32 Å². The molecule has 0 bridgehead atoms. The first-order valence-corrected chi connectivity index (χ1v) is 9.63. The van der Waals surface area contributed by atoms with Gasteiger partial charge in [0.2, 0.25) is 0 Å². The van der Waals surface area contributed by atoms with Gasteiger partial charge in [0, 0.05) is 36.3 Å². The highest BCUT2D eigenvalue weighted by Crippen LogP contribution is 2.26. The van der Waals surface area contributed by atoms with Gasteiger partial charge in [0.1, 0.15) is 0 Å². The molecule has 2 heterocycles. The number of aromatic nitrogens is 3. The number of para-hydroxylation sites is 1. The van der Waals surface area contributed by atoms with Crippen LogP contribution in [0.1, 0.15) is 29.9 Å². The molecule has 1 unspecified atom stereocenters. The van der Waals surface area contributed by atoms with Gasteiger partial charge < -0.3 is 10.2 Å². The number of carbonyl (C=O) groups excluding carboxylic acids is 1. The standard InChI is InChI=1S/C22H29N5O/c1-14(2)21(26(4)5)13-23-22(28)17-11-20(18-12-24-27(6)15(18)3)25-19-10-8-7-9-16(17)19/h7-12,14,21H,13H2,1-6H3,(H,23,28). The third-order valence-electron chi connectivity index (χ3n) is 5.38. The summed E-state index contributed by atoms with van der Waals surface area (Å²) in [5.41, 5.74) is 4.17. The van der Waals surface area contributed by atoms with Gasteiger partial charge >= 0.3 is 0 Å². The number of aryl methyl sites for hydroxylation is 1. The number of likely N-dealkylation sites (N-methyl/N-ethyl adjacent to an activating group) is 1. The fourth-order valence-corrected chi connectivity index (χ4v) is 3.56. The second-order valence-electron chi connectivity index (χ2n) is 7.82. The fourth-order valence-electron chi connectivity index (χ4n) is 3.56. The van der Waals surface area contributed by atoms with Crippen LogP contribution in [0.25, 0.3) is 22.2 Å². The van der Waals surface area contributed by atoms with Gasteiger partial charge in [-0.05, 0) is 39.1 Å². The largest absolute Gasteiger partial charge is 0.350 e. The van der Waals surface area contributed by atoms with E-state index >= 15 is 0 Å². The Labute approximate surface area is 166 Å². The molecule has 6 nitrogen and oxygen atoms in total. The van der Waals surface area contributed by atoms with Crippen LogP contribution in [0, 0.1) is 12.8 Å². The van der Waals surface area contributed by atoms with Crippen molar-refractivity contribution < 1.29 is 4.79 Å². The Bertz CT molecular complexity index is 982. The average molecular weight is 380 g/mol. The molecule has 0 saturated carbocycles. The van der Waals surface area contributed by atoms with E-state index < -0.39 is 0 Å². The second-order valence-corrected chi connectivity index (χ2v) is 7.82. The Hall–Kier alpha value is -2.73. The van der Waals surface area contributed by atoms with Gasteiger partial charge in [-0.2, -0.15) is 5.10 Å². The van der Waals surface area contributed by atoms with E-state index in [9.17, 15) is 4.79 Å². The number of pyridine rings is 1. The van der Waals surface area contributed by atoms with Crippen molar-refractivity contribution in [3.8, 4) is 11.3 Å². The minimum absolute atomic E-state index is 0.0751. The van der Waals surface area contributed by atoms with Crippen molar-refractivity contribution in [2.24, 2.45) is 13.0 Å². The molecule has 148 valence electrons. The molecule has 6 heteroatoms. The highest BCUT2D eigenvalue weighted by atomic mass is 16.1. The highest BCUT2D eigenvalue weighted by Gasteiger charge is 2.20. The van der Waals surface area contributed by atoms with Gasteiger partial charge in [-0.15, -0.1) is 0 Å². The lowest BCUT2D eigenvalue weighted by Crippen LogP contribution is -2.43. The Balaban J connectivity index is 1.99. The molecule has 1 N–H and O–H groups in total. The summed E-state index contributed by atoms with van der Waals surface area (Å²) < 4.78 is 1.82. The van der Waals surface area contributed by atoms with E-state index in [4.69, 9.17) is 4.98 Å². The van der Waals surface area contributed by atoms with Crippen LogP contribution in [0.5, 0.6) is 0 Å². The molecule has 3 aromatic rings. The predicted molar refractivity (Wildman–Crippen MR) is 113 cm³/mol. The SMILES string of the molecule is Cc1c(-c2cc(C(=O)NCC(C(C)C)N(C)C)c3ccccc3n2)cnn1C. The first kappa shape index (κ1) is 20.0. The minimum atomic E-state index is -0.0751. The number of nitrogens with one attached hydrogen (secondary N) is 1. The van der Waals surface area contributed by atoms with Crippen LogP contribution in [-0.4, -0.2) is 52.3 Å². The number of hydrogen-bond acceptors (Lipinski definition) is 4. The van der Waals surface area contributed by atoms with Gasteiger partial charge in [-0.3, -0.25) is 9.48 Å². The van der Waals surface area contributed by atoms with Crippen molar-refractivity contribution >= 4 is 16.8 Å². The van der Waals surface area contributed by atoms with E-state index in [1.165, 1.54) is 0 Å². The van der Waals surface area contributed by atoms with Crippen molar-refractivity contribution in [3.63, 3.8) is 0 Å². The van der Waals surface area contributed by atoms with Crippen molar-refractivity contribution in [1.82, 2.24) is 25.0 Å². The van der Waals surface area contributed by atoms with Crippen LogP contribution >= 0.6 is 0 Å². The number of fused-ring (bicyclic) bond motifs is 1. The monoisotopic (exact) mass is 379 g/mol. The molecular weight excluding hydrogens is 350 g/mol. The molecular formula is C22H29N5O. The molecule has 0 aliphatic rings. The summed E-state index contributed by atoms with van der Waals surface area (Å²) in [4.78, 5) is 20.0. The third kappa shape index (κ3) is 3.92. The average Bonchev–Trinajstić information content (AvgIpc) is 2.99. The zero-order valence-electron chi connectivity index (χ0n) is 17.5. The van der Waals surface area contributed by atoms with Gasteiger partial charge in [-0.1, -0.05) is 32.0 Å². The van der Waals surface area contributed by atoms with Gasteiger partial charge in [-0.25, -0.2) is 4.98 Å². The molecule has 0 saturated heterocycles. The molecule has 0 spiro atoms. The Kier molecular flexibility index (Phi) is 5.79. The first-order chi connectivity index (χ1) is 13.3. The molecule has 0 aliphatic carbocycles. The summed E-state index contributed by atoms with van der Waals surface area (Å²) in [5.74, 6) is 0.368. The summed E-state index contributed by atoms with van der Waals surface area (Å²) in [6, 6.07) is 9.92. The quantitative estimate of drug-likeness (QED) is 0.714. The molecule has 2 aromatic heterocycles. The highest BCUT2D eigenvalue weighted by molar-refractivity contribution is 6.07. The van der Waals surface area contributed by atoms with Crippen molar-refractivity contribution in [1.29, 1.82) is 0 Å². The number of amides is 1. The lowest BCUT2D eigenvalue weighted by atomic mass is 10.0. The molecule has 28 heavy (non-hydrogen) atoms. The summed E-state index contributed by atoms with van der Waals surface area (Å²) in [6.45, 7) is 6.94. The number of carbonyl (C=O) groups is 1. The molecule has 0 aliphatic heterocycles. The topological polar surface area (TPSA) is 63.1 Å². The van der Waals surface area contributed by atoms with E-state index in [2.05, 4.69) is 29.2 Å². The van der Waals surface area contributed by atoms with Crippen molar-refractivity contribution in [3.05, 3.63) is 47.8 Å². The molecule has 1 aromatic carbocycles. The zero-order chi connectivity index (χ0) is 20.4. The van der Waals surface area contributed by atoms with Crippen LogP contribution in [-0.2, 0) is 7.05 Å². The number of hydrogen-bond donors (Lipinski definition) is 1. The zero-order valence-corrected chi connectivity index (χ0v) is 17.5. The van der Waals surface area contributed by atoms with Gasteiger partial charge in [0.05, 0.1) is 23.0 Å². The van der Waals surface area contributed by atoms with E-state index in [1.807, 2.05) is 63.1 Å². The van der Waals surface area contributed by atoms with Crippen molar-refractivity contribution in [2.45, 2.75) is 26.8 Å². The summed E-state index contributed by atoms with van der Waals surface area (Å²) >= 11 is 0. The van der Waals surface area contributed by atoms with Gasteiger partial charge in [0.15, 0.2) is 0 Å². The summed E-state index contributed by atoms with van der Waals surface area (Å²) in [6.07, 6.45) is 1.80. The Morgan fingerprint density at radius 1 is 1.25 bits per heavy atom. The number of benzene rings is 1. The molecule has 0 fully saturated rings. The van der Waals surface area contributed by atoms with E-state index in [-0.39, 0.29) is 11.9 Å². The lowest BCUT2D eigenvalue weighted by molar-refractivity contribution is 0.0936. The van der Waals surface area contributed by atoms with Gasteiger partial charge in [0.25, 0.3) is 5.91 Å². The first-order valence-electron chi connectivity index (χ1n) is 9.63. The maximum atomic E-state index is 13.1. The fraction of sp³-hybridized carbons (Fsp3) is 0.409. The normalized spacial score (nSPS) is 12.7. The maximum absolute atomic E-state index is 13.1. The molecule has 1 atom stereocenters. The molecule has 3 rings (SSSR count). The number of nitrogens with zero attached hydrogens (tertiary/aromatic N) is 4. The van der Waals surface area contributed by atoms with Crippen LogP contribution in [0.15, 0.2) is 36.5 Å². The summed E-state index contributed by atoms with van der Waals surface area (Å²) in [7, 11) is 5.99. The van der Waals surface area contributed by atoms with Crippen molar-refractivity contribution in [2.75, 3.05) is 20.6 Å². The van der Waals surface area contributed by atoms with Crippen LogP contribution in [0.4, 0.5) is 0 Å². The minimum Gasteiger partial charge on any atom is -0.350 e. The number of rotatable bonds is 6. The third-order valence-corrected chi connectivity index (χ3v) is 5.38. The lowest BCUT2D eigenvalue weighted by Gasteiger charge is -2.28. The van der Waals surface area contributed by atoms with Crippen LogP contribution in [0.2, 0.25) is 0 Å². The Morgan fingerprint density at radius 3 is 2.57 bits per heavy atom. The van der Waals surface area contributed by atoms with Crippen LogP contribution in [0.3, 0.4) is 0 Å². The van der Waals surface area contributed by atoms with E-state index in [0.29, 0.717) is 18.0 Å². The Morgan fingerprint density at radius 2 is 1.96 bits per heavy atom. The summed E-state index contributed by atoms with van der Waals surface area (Å²) in [5, 5.41) is 8.30. The second kappa shape index (κ2) is 8.10. The molecule has 0 radical (unpaired) electrons. The van der Waals surface area contributed by atoms with E-state index in [1.54, 1.807) is 6.20 Å². The van der Waals surface area contributed by atoms with E-state index in [0.717, 1.165) is 27.9 Å². The predicted octanol–water partition coefficient (Wildman–Crippen LogP) is 3.26.